The summed E-state index contributed by atoms with van der Waals surface area (Å²) < 4.78 is 10.7. The maximum atomic E-state index is 13.4. The van der Waals surface area contributed by atoms with Gasteiger partial charge in [0.25, 0.3) is 11.8 Å². The van der Waals surface area contributed by atoms with Crippen molar-refractivity contribution in [2.45, 2.75) is 32.2 Å². The van der Waals surface area contributed by atoms with Crippen LogP contribution in [0.15, 0.2) is 66.7 Å². The molecule has 1 atom stereocenters. The summed E-state index contributed by atoms with van der Waals surface area (Å²) in [7, 11) is 0. The van der Waals surface area contributed by atoms with Gasteiger partial charge in [0.2, 0.25) is 6.79 Å². The summed E-state index contributed by atoms with van der Waals surface area (Å²) >= 11 is 0. The molecule has 0 aliphatic carbocycles. The monoisotopic (exact) mass is 471 g/mol. The van der Waals surface area contributed by atoms with Crippen LogP contribution in [0, 0.1) is 0 Å². The fraction of sp³-hybridized carbons (Fsp3) is 0.286. The van der Waals surface area contributed by atoms with E-state index in [0.717, 1.165) is 37.2 Å². The number of carbonyl (C=O) groups is 2. The van der Waals surface area contributed by atoms with E-state index in [1.54, 1.807) is 24.3 Å². The molecule has 2 aliphatic rings. The zero-order valence-electron chi connectivity index (χ0n) is 19.8. The minimum Gasteiger partial charge on any atom is -0.454 e. The fourth-order valence-corrected chi connectivity index (χ4v) is 4.55. The molecule has 0 saturated carbocycles. The van der Waals surface area contributed by atoms with Crippen molar-refractivity contribution in [1.29, 1.82) is 0 Å². The summed E-state index contributed by atoms with van der Waals surface area (Å²) in [5.74, 6) is 0.728. The van der Waals surface area contributed by atoms with Gasteiger partial charge in [-0.05, 0) is 68.1 Å². The van der Waals surface area contributed by atoms with Gasteiger partial charge in [-0.15, -0.1) is 0 Å². The second-order valence-corrected chi connectivity index (χ2v) is 8.91. The number of anilines is 2. The molecule has 2 heterocycles. The number of amides is 2. The van der Waals surface area contributed by atoms with E-state index in [2.05, 4.69) is 15.5 Å². The number of rotatable bonds is 6. The third-order valence-corrected chi connectivity index (χ3v) is 6.48. The van der Waals surface area contributed by atoms with Crippen molar-refractivity contribution in [2.24, 2.45) is 0 Å². The Labute approximate surface area is 205 Å². The normalized spacial score (nSPS) is 15.4. The number of hydrogen-bond acceptors (Lipinski definition) is 5. The molecule has 5 rings (SSSR count). The third kappa shape index (κ3) is 5.09. The van der Waals surface area contributed by atoms with Gasteiger partial charge < -0.3 is 25.0 Å². The van der Waals surface area contributed by atoms with Gasteiger partial charge in [0.15, 0.2) is 11.5 Å². The Balaban J connectivity index is 1.39. The lowest BCUT2D eigenvalue weighted by Crippen LogP contribution is -2.33. The Morgan fingerprint density at radius 3 is 2.43 bits per heavy atom. The van der Waals surface area contributed by atoms with Crippen LogP contribution in [0.5, 0.6) is 11.5 Å². The molecule has 180 valence electrons. The summed E-state index contributed by atoms with van der Waals surface area (Å²) in [6.07, 6.45) is 3.40. The minimum atomic E-state index is -0.280. The average molecular weight is 472 g/mol. The fourth-order valence-electron chi connectivity index (χ4n) is 4.55. The van der Waals surface area contributed by atoms with E-state index < -0.39 is 0 Å². The number of nitrogens with one attached hydrogen (secondary N) is 2. The van der Waals surface area contributed by atoms with Gasteiger partial charge in [-0.25, -0.2) is 0 Å². The van der Waals surface area contributed by atoms with Crippen molar-refractivity contribution in [1.82, 2.24) is 5.32 Å². The number of fused-ring (bicyclic) bond motifs is 1. The number of benzene rings is 3. The zero-order valence-corrected chi connectivity index (χ0v) is 19.8. The second kappa shape index (κ2) is 10.1. The number of ether oxygens (including phenoxy) is 2. The second-order valence-electron chi connectivity index (χ2n) is 8.91. The van der Waals surface area contributed by atoms with Crippen LogP contribution in [0.3, 0.4) is 0 Å². The standard InChI is InChI=1S/C28H29N3O4/c1-19(20-8-4-2-5-9-20)29-28(33)23-17-22(11-12-24(23)31-14-6-3-7-15-31)30-27(32)21-10-13-25-26(16-21)35-18-34-25/h2,4-5,8-13,16-17,19H,3,6-7,14-15,18H2,1H3,(H,29,33)(H,30,32). The van der Waals surface area contributed by atoms with Gasteiger partial charge in [-0.3, -0.25) is 9.59 Å². The van der Waals surface area contributed by atoms with Crippen molar-refractivity contribution in [3.05, 3.63) is 83.4 Å². The first-order valence-electron chi connectivity index (χ1n) is 12.0. The van der Waals surface area contributed by atoms with E-state index >= 15 is 0 Å². The zero-order chi connectivity index (χ0) is 24.2. The van der Waals surface area contributed by atoms with Gasteiger partial charge in [-0.2, -0.15) is 0 Å². The number of nitrogens with zero attached hydrogens (tertiary/aromatic N) is 1. The molecular formula is C28H29N3O4. The highest BCUT2D eigenvalue weighted by molar-refractivity contribution is 6.06. The molecule has 2 amide bonds. The van der Waals surface area contributed by atoms with Crippen LogP contribution in [0.1, 0.15) is 58.5 Å². The smallest absolute Gasteiger partial charge is 0.255 e. The predicted molar refractivity (Wildman–Crippen MR) is 135 cm³/mol. The van der Waals surface area contributed by atoms with E-state index in [1.807, 2.05) is 49.4 Å². The first kappa shape index (κ1) is 22.8. The van der Waals surface area contributed by atoms with Crippen LogP contribution >= 0.6 is 0 Å². The van der Waals surface area contributed by atoms with Crippen molar-refractivity contribution in [2.75, 3.05) is 30.1 Å². The molecular weight excluding hydrogens is 442 g/mol. The summed E-state index contributed by atoms with van der Waals surface area (Å²) in [5.41, 5.74) is 3.50. The van der Waals surface area contributed by atoms with E-state index in [4.69, 9.17) is 9.47 Å². The molecule has 2 N–H and O–H groups in total. The van der Waals surface area contributed by atoms with Crippen LogP contribution in [0.2, 0.25) is 0 Å². The van der Waals surface area contributed by atoms with E-state index in [-0.39, 0.29) is 24.6 Å². The molecule has 7 heteroatoms. The Morgan fingerprint density at radius 2 is 1.63 bits per heavy atom. The summed E-state index contributed by atoms with van der Waals surface area (Å²) in [6, 6.07) is 20.4. The van der Waals surface area contributed by atoms with E-state index in [9.17, 15) is 9.59 Å². The lowest BCUT2D eigenvalue weighted by atomic mass is 10.0. The van der Waals surface area contributed by atoms with Crippen LogP contribution in [-0.2, 0) is 0 Å². The molecule has 3 aromatic carbocycles. The minimum absolute atomic E-state index is 0.148. The van der Waals surface area contributed by atoms with Crippen molar-refractivity contribution in [3.8, 4) is 11.5 Å². The van der Waals surface area contributed by atoms with Gasteiger partial charge in [0.1, 0.15) is 0 Å². The Morgan fingerprint density at radius 1 is 0.857 bits per heavy atom. The lowest BCUT2D eigenvalue weighted by molar-refractivity contribution is 0.0939. The van der Waals surface area contributed by atoms with Crippen molar-refractivity contribution in [3.63, 3.8) is 0 Å². The number of piperidine rings is 1. The maximum absolute atomic E-state index is 13.4. The molecule has 1 fully saturated rings. The Kier molecular flexibility index (Phi) is 6.57. The molecule has 2 aliphatic heterocycles. The highest BCUT2D eigenvalue weighted by Crippen LogP contribution is 2.33. The van der Waals surface area contributed by atoms with Gasteiger partial charge in [-0.1, -0.05) is 30.3 Å². The summed E-state index contributed by atoms with van der Waals surface area (Å²) in [5, 5.41) is 6.05. The number of carbonyl (C=O) groups excluding carboxylic acids is 2. The van der Waals surface area contributed by atoms with Gasteiger partial charge >= 0.3 is 0 Å². The first-order chi connectivity index (χ1) is 17.1. The van der Waals surface area contributed by atoms with E-state index in [0.29, 0.717) is 28.3 Å². The van der Waals surface area contributed by atoms with Gasteiger partial charge in [0, 0.05) is 30.0 Å². The molecule has 1 saturated heterocycles. The van der Waals surface area contributed by atoms with Crippen LogP contribution in [0.4, 0.5) is 11.4 Å². The van der Waals surface area contributed by atoms with Crippen LogP contribution in [-0.4, -0.2) is 31.7 Å². The van der Waals surface area contributed by atoms with Crippen LogP contribution < -0.4 is 25.0 Å². The molecule has 3 aromatic rings. The molecule has 0 aromatic heterocycles. The molecule has 0 bridgehead atoms. The van der Waals surface area contributed by atoms with E-state index in [1.165, 1.54) is 6.42 Å². The van der Waals surface area contributed by atoms with Gasteiger partial charge in [0.05, 0.1) is 11.6 Å². The third-order valence-electron chi connectivity index (χ3n) is 6.48. The first-order valence-corrected chi connectivity index (χ1v) is 12.0. The highest BCUT2D eigenvalue weighted by atomic mass is 16.7. The molecule has 7 nitrogen and oxygen atoms in total. The van der Waals surface area contributed by atoms with Crippen molar-refractivity contribution >= 4 is 23.2 Å². The van der Waals surface area contributed by atoms with Crippen molar-refractivity contribution < 1.29 is 19.1 Å². The largest absolute Gasteiger partial charge is 0.454 e. The predicted octanol–water partition coefficient (Wildman–Crippen LogP) is 5.15. The molecule has 0 spiro atoms. The molecule has 35 heavy (non-hydrogen) atoms. The summed E-state index contributed by atoms with van der Waals surface area (Å²) in [6.45, 7) is 3.95. The Hall–Kier alpha value is -4.00. The Bertz CT molecular complexity index is 1220. The molecule has 0 radical (unpaired) electrons. The number of hydrogen-bond donors (Lipinski definition) is 2. The highest BCUT2D eigenvalue weighted by Gasteiger charge is 2.22. The molecule has 1 unspecified atom stereocenters. The lowest BCUT2D eigenvalue weighted by Gasteiger charge is -2.31. The summed E-state index contributed by atoms with van der Waals surface area (Å²) in [4.78, 5) is 28.6. The van der Waals surface area contributed by atoms with Crippen LogP contribution in [0.25, 0.3) is 0 Å². The quantitative estimate of drug-likeness (QED) is 0.520. The maximum Gasteiger partial charge on any atom is 0.255 e. The SMILES string of the molecule is CC(NC(=O)c1cc(NC(=O)c2ccc3c(c2)OCO3)ccc1N1CCCCC1)c1ccccc1. The topological polar surface area (TPSA) is 79.9 Å². The average Bonchev–Trinajstić information content (AvgIpc) is 3.37.